The Kier molecular flexibility index (Phi) is 3.92. The summed E-state index contributed by atoms with van der Waals surface area (Å²) in [5, 5.41) is 4.65. The number of hydrogen-bond acceptors (Lipinski definition) is 3. The smallest absolute Gasteiger partial charge is 0.224 e. The first kappa shape index (κ1) is 13.4. The lowest BCUT2D eigenvalue weighted by atomic mass is 9.90. The van der Waals surface area contributed by atoms with Crippen molar-refractivity contribution < 1.29 is 4.79 Å². The summed E-state index contributed by atoms with van der Waals surface area (Å²) in [5.41, 5.74) is 5.82. The van der Waals surface area contributed by atoms with Crippen molar-refractivity contribution in [3.05, 3.63) is 17.4 Å². The summed E-state index contributed by atoms with van der Waals surface area (Å²) in [6.45, 7) is 4.91. The number of hydrogen-bond donors (Lipinski definition) is 1. The van der Waals surface area contributed by atoms with E-state index in [2.05, 4.69) is 12.0 Å². The van der Waals surface area contributed by atoms with Crippen LogP contribution >= 0.6 is 11.6 Å². The fraction of sp³-hybridized carbons (Fsp3) is 0.667. The summed E-state index contributed by atoms with van der Waals surface area (Å²) in [6.07, 6.45) is 4.75. The van der Waals surface area contributed by atoms with Crippen molar-refractivity contribution in [3.63, 3.8) is 0 Å². The van der Waals surface area contributed by atoms with Crippen LogP contribution in [0.1, 0.15) is 19.8 Å². The summed E-state index contributed by atoms with van der Waals surface area (Å²) in [6, 6.07) is 0. The highest BCUT2D eigenvalue weighted by Crippen LogP contribution is 2.28. The van der Waals surface area contributed by atoms with Gasteiger partial charge in [0.15, 0.2) is 0 Å². The SMILES string of the molecule is CC1(CN)CCN(C(=O)CCn2cc(Cl)cn2)C1. The van der Waals surface area contributed by atoms with Crippen molar-refractivity contribution in [2.24, 2.45) is 11.1 Å². The predicted molar refractivity (Wildman–Crippen MR) is 70.2 cm³/mol. The van der Waals surface area contributed by atoms with E-state index < -0.39 is 0 Å². The molecule has 1 fully saturated rings. The third-order valence-corrected chi connectivity index (χ3v) is 3.76. The number of nitrogens with two attached hydrogens (primary N) is 1. The fourth-order valence-electron chi connectivity index (χ4n) is 2.23. The molecule has 18 heavy (non-hydrogen) atoms. The standard InChI is InChI=1S/C12H19ClN4O/c1-12(8-14)3-5-16(9-12)11(18)2-4-17-7-10(13)6-15-17/h6-7H,2-5,8-9,14H2,1H3. The highest BCUT2D eigenvalue weighted by Gasteiger charge is 2.34. The van der Waals surface area contributed by atoms with E-state index >= 15 is 0 Å². The Morgan fingerprint density at radius 1 is 1.67 bits per heavy atom. The summed E-state index contributed by atoms with van der Waals surface area (Å²) < 4.78 is 1.69. The normalized spacial score (nSPS) is 23.6. The monoisotopic (exact) mass is 270 g/mol. The van der Waals surface area contributed by atoms with Crippen LogP contribution in [0.3, 0.4) is 0 Å². The molecule has 1 aromatic heterocycles. The van der Waals surface area contributed by atoms with E-state index in [4.69, 9.17) is 17.3 Å². The first-order valence-electron chi connectivity index (χ1n) is 6.18. The van der Waals surface area contributed by atoms with Gasteiger partial charge < -0.3 is 10.6 Å². The zero-order valence-corrected chi connectivity index (χ0v) is 11.4. The van der Waals surface area contributed by atoms with Gasteiger partial charge in [-0.1, -0.05) is 18.5 Å². The van der Waals surface area contributed by atoms with Gasteiger partial charge in [0.25, 0.3) is 0 Å². The fourth-order valence-corrected chi connectivity index (χ4v) is 2.39. The van der Waals surface area contributed by atoms with Crippen molar-refractivity contribution in [3.8, 4) is 0 Å². The molecular weight excluding hydrogens is 252 g/mol. The minimum Gasteiger partial charge on any atom is -0.342 e. The highest BCUT2D eigenvalue weighted by atomic mass is 35.5. The maximum Gasteiger partial charge on any atom is 0.224 e. The van der Waals surface area contributed by atoms with E-state index in [-0.39, 0.29) is 11.3 Å². The van der Waals surface area contributed by atoms with Crippen molar-refractivity contribution in [1.29, 1.82) is 0 Å². The first-order valence-corrected chi connectivity index (χ1v) is 6.56. The maximum atomic E-state index is 12.0. The van der Waals surface area contributed by atoms with Crippen LogP contribution in [0.4, 0.5) is 0 Å². The molecule has 100 valence electrons. The predicted octanol–water partition coefficient (Wildman–Crippen LogP) is 1.12. The second kappa shape index (κ2) is 5.28. The van der Waals surface area contributed by atoms with Gasteiger partial charge in [0.05, 0.1) is 11.2 Å². The minimum atomic E-state index is 0.0880. The van der Waals surface area contributed by atoms with Crippen LogP contribution in [0.15, 0.2) is 12.4 Å². The molecule has 6 heteroatoms. The molecule has 1 unspecified atom stereocenters. The highest BCUT2D eigenvalue weighted by molar-refractivity contribution is 6.30. The van der Waals surface area contributed by atoms with Gasteiger partial charge in [-0.2, -0.15) is 5.10 Å². The molecule has 2 rings (SSSR count). The van der Waals surface area contributed by atoms with Crippen molar-refractivity contribution in [2.75, 3.05) is 19.6 Å². The van der Waals surface area contributed by atoms with Crippen LogP contribution in [-0.4, -0.2) is 40.2 Å². The van der Waals surface area contributed by atoms with Crippen molar-refractivity contribution in [1.82, 2.24) is 14.7 Å². The summed E-state index contributed by atoms with van der Waals surface area (Å²) in [7, 11) is 0. The quantitative estimate of drug-likeness (QED) is 0.892. The first-order chi connectivity index (χ1) is 8.52. The molecule has 1 atom stereocenters. The lowest BCUT2D eigenvalue weighted by Gasteiger charge is -2.22. The molecule has 2 N–H and O–H groups in total. The van der Waals surface area contributed by atoms with Gasteiger partial charge in [-0.05, 0) is 18.4 Å². The van der Waals surface area contributed by atoms with Crippen LogP contribution in [0, 0.1) is 5.41 Å². The molecule has 0 saturated carbocycles. The van der Waals surface area contributed by atoms with Crippen molar-refractivity contribution in [2.45, 2.75) is 26.3 Å². The van der Waals surface area contributed by atoms with Crippen molar-refractivity contribution >= 4 is 17.5 Å². The van der Waals surface area contributed by atoms with Gasteiger partial charge in [-0.15, -0.1) is 0 Å². The zero-order chi connectivity index (χ0) is 13.2. The average molecular weight is 271 g/mol. The number of amides is 1. The Morgan fingerprint density at radius 3 is 3.00 bits per heavy atom. The molecule has 0 radical (unpaired) electrons. The minimum absolute atomic E-state index is 0.0880. The average Bonchev–Trinajstić information content (AvgIpc) is 2.94. The molecular formula is C12H19ClN4O. The number of carbonyl (C=O) groups is 1. The van der Waals surface area contributed by atoms with Gasteiger partial charge in [0.2, 0.25) is 5.91 Å². The number of nitrogens with zero attached hydrogens (tertiary/aromatic N) is 3. The Bertz CT molecular complexity index is 433. The molecule has 2 heterocycles. The van der Waals surface area contributed by atoms with E-state index in [1.807, 2.05) is 4.90 Å². The Morgan fingerprint density at radius 2 is 2.44 bits per heavy atom. The van der Waals surface area contributed by atoms with Crippen LogP contribution < -0.4 is 5.73 Å². The second-order valence-corrected chi connectivity index (χ2v) is 5.69. The number of aryl methyl sites for hydroxylation is 1. The van der Waals surface area contributed by atoms with Crippen LogP contribution in [0.5, 0.6) is 0 Å². The summed E-state index contributed by atoms with van der Waals surface area (Å²) in [4.78, 5) is 13.9. The molecule has 0 spiro atoms. The van der Waals surface area contributed by atoms with Crippen LogP contribution in [-0.2, 0) is 11.3 Å². The van der Waals surface area contributed by atoms with Gasteiger partial charge in [-0.3, -0.25) is 9.48 Å². The van der Waals surface area contributed by atoms with E-state index in [0.29, 0.717) is 24.5 Å². The largest absolute Gasteiger partial charge is 0.342 e. The second-order valence-electron chi connectivity index (χ2n) is 5.25. The van der Waals surface area contributed by atoms with Gasteiger partial charge >= 0.3 is 0 Å². The number of aromatic nitrogens is 2. The van der Waals surface area contributed by atoms with Crippen LogP contribution in [0.25, 0.3) is 0 Å². The number of halogens is 1. The number of carbonyl (C=O) groups excluding carboxylic acids is 1. The van der Waals surface area contributed by atoms with Crippen LogP contribution in [0.2, 0.25) is 5.02 Å². The lowest BCUT2D eigenvalue weighted by Crippen LogP contribution is -2.34. The molecule has 0 aromatic carbocycles. The Balaban J connectivity index is 1.82. The zero-order valence-electron chi connectivity index (χ0n) is 10.6. The molecule has 1 aliphatic heterocycles. The molecule has 1 aliphatic rings. The third-order valence-electron chi connectivity index (χ3n) is 3.56. The Hall–Kier alpha value is -1.07. The Labute approximate surface area is 112 Å². The topological polar surface area (TPSA) is 64.2 Å². The molecule has 0 aliphatic carbocycles. The third kappa shape index (κ3) is 3.03. The van der Waals surface area contributed by atoms with E-state index in [1.54, 1.807) is 17.1 Å². The van der Waals surface area contributed by atoms with Gasteiger partial charge in [-0.25, -0.2) is 0 Å². The van der Waals surface area contributed by atoms with E-state index in [9.17, 15) is 4.79 Å². The summed E-state index contributed by atoms with van der Waals surface area (Å²) >= 11 is 5.77. The summed E-state index contributed by atoms with van der Waals surface area (Å²) in [5.74, 6) is 0.166. The van der Waals surface area contributed by atoms with E-state index in [1.165, 1.54) is 0 Å². The molecule has 1 aromatic rings. The van der Waals surface area contributed by atoms with Gasteiger partial charge in [0, 0.05) is 32.3 Å². The lowest BCUT2D eigenvalue weighted by molar-refractivity contribution is -0.130. The molecule has 1 saturated heterocycles. The molecule has 0 bridgehead atoms. The molecule has 5 nitrogen and oxygen atoms in total. The number of rotatable bonds is 4. The van der Waals surface area contributed by atoms with E-state index in [0.717, 1.165) is 19.5 Å². The maximum absolute atomic E-state index is 12.0. The number of likely N-dealkylation sites (tertiary alicyclic amines) is 1. The van der Waals surface area contributed by atoms with Gasteiger partial charge in [0.1, 0.15) is 0 Å². The molecule has 1 amide bonds.